The van der Waals surface area contributed by atoms with Gasteiger partial charge in [0, 0.05) is 31.0 Å². The molecule has 0 bridgehead atoms. The van der Waals surface area contributed by atoms with Crippen LogP contribution in [0.4, 0.5) is 0 Å². The summed E-state index contributed by atoms with van der Waals surface area (Å²) >= 11 is 0. The van der Waals surface area contributed by atoms with Crippen molar-refractivity contribution in [3.8, 4) is 0 Å². The standard InChI is InChI=1S/C20H21N3/c1(3-18-10-12-21-13-11-18)2-17-4-6-19(7-5-17)8-9-20-16-22-14-15-23-20/h4-7,10-16H,1-3,8-9H2. The Bertz CT molecular complexity index is 694. The second-order valence-electron chi connectivity index (χ2n) is 5.72. The lowest BCUT2D eigenvalue weighted by atomic mass is 10.0. The Kier molecular flexibility index (Phi) is 5.46. The highest BCUT2D eigenvalue weighted by atomic mass is 14.8. The molecule has 0 aliphatic heterocycles. The van der Waals surface area contributed by atoms with E-state index in [4.69, 9.17) is 0 Å². The molecule has 0 aliphatic rings. The van der Waals surface area contributed by atoms with Crippen LogP contribution in [0.5, 0.6) is 0 Å². The van der Waals surface area contributed by atoms with Crippen molar-refractivity contribution in [2.75, 3.05) is 0 Å². The summed E-state index contributed by atoms with van der Waals surface area (Å²) in [5.74, 6) is 0. The minimum atomic E-state index is 0.940. The molecule has 0 saturated carbocycles. The predicted molar refractivity (Wildman–Crippen MR) is 92.1 cm³/mol. The molecule has 0 radical (unpaired) electrons. The zero-order valence-electron chi connectivity index (χ0n) is 13.2. The normalized spacial score (nSPS) is 10.6. The average Bonchev–Trinajstić information content (AvgIpc) is 2.63. The smallest absolute Gasteiger partial charge is 0.0589 e. The fraction of sp³-hybridized carbons (Fsp3) is 0.250. The van der Waals surface area contributed by atoms with Crippen LogP contribution >= 0.6 is 0 Å². The van der Waals surface area contributed by atoms with Gasteiger partial charge in [0.05, 0.1) is 5.69 Å². The fourth-order valence-corrected chi connectivity index (χ4v) is 2.65. The summed E-state index contributed by atoms with van der Waals surface area (Å²) in [4.78, 5) is 12.5. The molecule has 0 fully saturated rings. The maximum absolute atomic E-state index is 4.31. The minimum absolute atomic E-state index is 0.940. The summed E-state index contributed by atoms with van der Waals surface area (Å²) < 4.78 is 0. The number of hydrogen-bond donors (Lipinski definition) is 0. The van der Waals surface area contributed by atoms with Gasteiger partial charge in [-0.25, -0.2) is 0 Å². The molecule has 0 aliphatic carbocycles. The average molecular weight is 303 g/mol. The van der Waals surface area contributed by atoms with Crippen LogP contribution in [0.3, 0.4) is 0 Å². The van der Waals surface area contributed by atoms with Gasteiger partial charge in [0.2, 0.25) is 0 Å². The van der Waals surface area contributed by atoms with Crippen LogP contribution < -0.4 is 0 Å². The van der Waals surface area contributed by atoms with Gasteiger partial charge < -0.3 is 0 Å². The van der Waals surface area contributed by atoms with Crippen LogP contribution in [0.25, 0.3) is 0 Å². The Morgan fingerprint density at radius 1 is 0.565 bits per heavy atom. The molecule has 3 nitrogen and oxygen atoms in total. The van der Waals surface area contributed by atoms with E-state index in [1.165, 1.54) is 23.1 Å². The largest absolute Gasteiger partial charge is 0.265 e. The van der Waals surface area contributed by atoms with Gasteiger partial charge in [-0.1, -0.05) is 24.3 Å². The van der Waals surface area contributed by atoms with Gasteiger partial charge in [-0.2, -0.15) is 0 Å². The van der Waals surface area contributed by atoms with Crippen LogP contribution in [0.2, 0.25) is 0 Å². The van der Waals surface area contributed by atoms with Crippen LogP contribution in [0.1, 0.15) is 28.8 Å². The molecule has 23 heavy (non-hydrogen) atoms. The molecule has 3 rings (SSSR count). The molecule has 0 amide bonds. The molecule has 2 aromatic heterocycles. The Morgan fingerprint density at radius 3 is 1.87 bits per heavy atom. The summed E-state index contributed by atoms with van der Waals surface area (Å²) in [5.41, 5.74) is 5.17. The van der Waals surface area contributed by atoms with Crippen molar-refractivity contribution in [2.45, 2.75) is 32.1 Å². The molecule has 0 saturated heterocycles. The van der Waals surface area contributed by atoms with Crippen molar-refractivity contribution in [3.63, 3.8) is 0 Å². The van der Waals surface area contributed by atoms with Crippen molar-refractivity contribution in [1.29, 1.82) is 0 Å². The maximum atomic E-state index is 4.31. The molecule has 0 atom stereocenters. The number of aryl methyl sites for hydroxylation is 4. The number of nitrogens with zero attached hydrogens (tertiary/aromatic N) is 3. The van der Waals surface area contributed by atoms with Crippen LogP contribution in [0.15, 0.2) is 67.4 Å². The number of aromatic nitrogens is 3. The summed E-state index contributed by atoms with van der Waals surface area (Å²) in [6.45, 7) is 0. The van der Waals surface area contributed by atoms with E-state index in [1.807, 2.05) is 18.6 Å². The summed E-state index contributed by atoms with van der Waals surface area (Å²) in [5, 5.41) is 0. The third-order valence-corrected chi connectivity index (χ3v) is 3.99. The van der Waals surface area contributed by atoms with Crippen molar-refractivity contribution in [2.24, 2.45) is 0 Å². The van der Waals surface area contributed by atoms with E-state index in [9.17, 15) is 0 Å². The van der Waals surface area contributed by atoms with Crippen LogP contribution in [-0.2, 0) is 25.7 Å². The van der Waals surface area contributed by atoms with Gasteiger partial charge in [-0.3, -0.25) is 15.0 Å². The molecule has 0 N–H and O–H groups in total. The number of benzene rings is 1. The molecule has 1 aromatic carbocycles. The number of rotatable bonds is 7. The molecular formula is C20H21N3. The zero-order valence-corrected chi connectivity index (χ0v) is 13.2. The highest BCUT2D eigenvalue weighted by Crippen LogP contribution is 2.11. The van der Waals surface area contributed by atoms with E-state index in [1.54, 1.807) is 12.4 Å². The van der Waals surface area contributed by atoms with Gasteiger partial charge in [0.15, 0.2) is 0 Å². The Balaban J connectivity index is 1.45. The third kappa shape index (κ3) is 4.99. The lowest BCUT2D eigenvalue weighted by Gasteiger charge is -2.05. The third-order valence-electron chi connectivity index (χ3n) is 3.99. The quantitative estimate of drug-likeness (QED) is 0.666. The molecule has 3 aromatic rings. The first-order valence-electron chi connectivity index (χ1n) is 8.12. The van der Waals surface area contributed by atoms with Crippen LogP contribution in [0, 0.1) is 0 Å². The van der Waals surface area contributed by atoms with E-state index in [-0.39, 0.29) is 0 Å². The van der Waals surface area contributed by atoms with E-state index >= 15 is 0 Å². The Labute approximate surface area is 137 Å². The maximum Gasteiger partial charge on any atom is 0.0589 e. The molecule has 3 heteroatoms. The summed E-state index contributed by atoms with van der Waals surface area (Å²) in [7, 11) is 0. The molecule has 0 unspecified atom stereocenters. The first kappa shape index (κ1) is 15.3. The molecular weight excluding hydrogens is 282 g/mol. The number of hydrogen-bond acceptors (Lipinski definition) is 3. The Hall–Kier alpha value is -2.55. The van der Waals surface area contributed by atoms with E-state index < -0.39 is 0 Å². The highest BCUT2D eigenvalue weighted by molar-refractivity contribution is 5.23. The van der Waals surface area contributed by atoms with Gasteiger partial charge in [-0.05, 0) is 60.9 Å². The minimum Gasteiger partial charge on any atom is -0.265 e. The van der Waals surface area contributed by atoms with Crippen molar-refractivity contribution < 1.29 is 0 Å². The van der Waals surface area contributed by atoms with Crippen molar-refractivity contribution in [3.05, 3.63) is 89.8 Å². The SMILES string of the molecule is c1cc(CCCc2ccc(CCc3cnccn3)cc2)ccn1. The Morgan fingerprint density at radius 2 is 1.22 bits per heavy atom. The fourth-order valence-electron chi connectivity index (χ4n) is 2.65. The lowest BCUT2D eigenvalue weighted by molar-refractivity contribution is 0.817. The van der Waals surface area contributed by atoms with E-state index in [2.05, 4.69) is 51.4 Å². The first-order valence-corrected chi connectivity index (χ1v) is 8.12. The molecule has 0 spiro atoms. The summed E-state index contributed by atoms with van der Waals surface area (Å²) in [6.07, 6.45) is 14.4. The van der Waals surface area contributed by atoms with Gasteiger partial charge in [0.25, 0.3) is 0 Å². The van der Waals surface area contributed by atoms with Crippen molar-refractivity contribution >= 4 is 0 Å². The zero-order chi connectivity index (χ0) is 15.7. The first-order chi connectivity index (χ1) is 11.4. The molecule has 2 heterocycles. The topological polar surface area (TPSA) is 38.7 Å². The second kappa shape index (κ2) is 8.18. The van der Waals surface area contributed by atoms with Gasteiger partial charge in [-0.15, -0.1) is 0 Å². The van der Waals surface area contributed by atoms with Crippen molar-refractivity contribution in [1.82, 2.24) is 15.0 Å². The molecule has 116 valence electrons. The summed E-state index contributed by atoms with van der Waals surface area (Å²) in [6, 6.07) is 13.2. The second-order valence-corrected chi connectivity index (χ2v) is 5.72. The van der Waals surface area contributed by atoms with Gasteiger partial charge >= 0.3 is 0 Å². The lowest BCUT2D eigenvalue weighted by Crippen LogP contribution is -1.95. The van der Waals surface area contributed by atoms with Crippen LogP contribution in [-0.4, -0.2) is 15.0 Å². The highest BCUT2D eigenvalue weighted by Gasteiger charge is 1.99. The van der Waals surface area contributed by atoms with E-state index in [0.717, 1.165) is 31.4 Å². The van der Waals surface area contributed by atoms with E-state index in [0.29, 0.717) is 0 Å². The number of pyridine rings is 1. The van der Waals surface area contributed by atoms with Gasteiger partial charge in [0.1, 0.15) is 0 Å². The monoisotopic (exact) mass is 303 g/mol. The predicted octanol–water partition coefficient (Wildman–Crippen LogP) is 3.83.